The molecule has 0 spiro atoms. The number of nitriles is 1. The maximum atomic E-state index is 12.0. The molecule has 31 heavy (non-hydrogen) atoms. The number of thiazole rings is 1. The number of nitro benzene ring substituents is 1. The summed E-state index contributed by atoms with van der Waals surface area (Å²) in [5.74, 6) is 0. The summed E-state index contributed by atoms with van der Waals surface area (Å²) < 4.78 is 4.95. The predicted molar refractivity (Wildman–Crippen MR) is 120 cm³/mol. The van der Waals surface area contributed by atoms with Crippen molar-refractivity contribution in [3.05, 3.63) is 74.2 Å². The van der Waals surface area contributed by atoms with Crippen molar-refractivity contribution in [2.45, 2.75) is 6.92 Å². The molecule has 1 amide bonds. The molecule has 10 heteroatoms. The SMILES string of the molecule is CCOC(=O)Nc1sc(C(C#N)=Cc2ccc([N+](=O)[O-])cc2)nc1-c1ccc(Cl)cc1. The highest BCUT2D eigenvalue weighted by Gasteiger charge is 2.18. The molecule has 0 saturated heterocycles. The lowest BCUT2D eigenvalue weighted by Gasteiger charge is -2.05. The molecule has 0 unspecified atom stereocenters. The molecule has 0 fully saturated rings. The van der Waals surface area contributed by atoms with Crippen LogP contribution in [0.3, 0.4) is 0 Å². The highest BCUT2D eigenvalue weighted by atomic mass is 35.5. The maximum Gasteiger partial charge on any atom is 0.412 e. The average molecular weight is 455 g/mol. The Balaban J connectivity index is 2.02. The monoisotopic (exact) mass is 454 g/mol. The lowest BCUT2D eigenvalue weighted by Crippen LogP contribution is -2.12. The molecule has 0 aliphatic rings. The number of nitrogens with zero attached hydrogens (tertiary/aromatic N) is 3. The molecule has 0 atom stereocenters. The summed E-state index contributed by atoms with van der Waals surface area (Å²) >= 11 is 7.08. The second-order valence-electron chi connectivity index (χ2n) is 6.07. The lowest BCUT2D eigenvalue weighted by atomic mass is 10.1. The molecule has 1 aromatic heterocycles. The molecule has 1 N–H and O–H groups in total. The number of hydrogen-bond acceptors (Lipinski definition) is 7. The Hall–Kier alpha value is -3.74. The van der Waals surface area contributed by atoms with Crippen molar-refractivity contribution in [3.63, 3.8) is 0 Å². The molecular formula is C21H15ClN4O4S. The van der Waals surface area contributed by atoms with Crippen LogP contribution in [0.1, 0.15) is 17.5 Å². The van der Waals surface area contributed by atoms with Crippen LogP contribution in [0.2, 0.25) is 5.02 Å². The van der Waals surface area contributed by atoms with Crippen LogP contribution in [0.25, 0.3) is 22.9 Å². The number of amides is 1. The van der Waals surface area contributed by atoms with Crippen LogP contribution in [0.4, 0.5) is 15.5 Å². The molecule has 2 aromatic carbocycles. The van der Waals surface area contributed by atoms with E-state index in [4.69, 9.17) is 16.3 Å². The number of aromatic nitrogens is 1. The zero-order valence-corrected chi connectivity index (χ0v) is 17.7. The number of carbonyl (C=O) groups excluding carboxylic acids is 1. The highest BCUT2D eigenvalue weighted by Crippen LogP contribution is 2.37. The van der Waals surface area contributed by atoms with E-state index in [9.17, 15) is 20.2 Å². The second kappa shape index (κ2) is 9.84. The third-order valence-electron chi connectivity index (χ3n) is 4.00. The van der Waals surface area contributed by atoms with E-state index in [-0.39, 0.29) is 17.9 Å². The Kier molecular flexibility index (Phi) is 6.97. The fraction of sp³-hybridized carbons (Fsp3) is 0.0952. The Morgan fingerprint density at radius 3 is 2.55 bits per heavy atom. The summed E-state index contributed by atoms with van der Waals surface area (Å²) in [7, 11) is 0. The number of benzene rings is 2. The van der Waals surface area contributed by atoms with E-state index in [0.717, 1.165) is 11.3 Å². The van der Waals surface area contributed by atoms with Crippen LogP contribution in [-0.2, 0) is 4.74 Å². The number of anilines is 1. The van der Waals surface area contributed by atoms with Crippen molar-refractivity contribution in [1.29, 1.82) is 5.26 Å². The van der Waals surface area contributed by atoms with Gasteiger partial charge in [-0.25, -0.2) is 9.78 Å². The first-order chi connectivity index (χ1) is 14.9. The molecule has 0 radical (unpaired) electrons. The van der Waals surface area contributed by atoms with Gasteiger partial charge in [-0.3, -0.25) is 15.4 Å². The third-order valence-corrected chi connectivity index (χ3v) is 5.26. The minimum absolute atomic E-state index is 0.0455. The molecule has 1 heterocycles. The Bertz CT molecular complexity index is 1180. The number of halogens is 1. The van der Waals surface area contributed by atoms with Gasteiger partial charge >= 0.3 is 6.09 Å². The second-order valence-corrected chi connectivity index (χ2v) is 7.50. The highest BCUT2D eigenvalue weighted by molar-refractivity contribution is 7.17. The van der Waals surface area contributed by atoms with Crippen LogP contribution in [0, 0.1) is 21.4 Å². The summed E-state index contributed by atoms with van der Waals surface area (Å²) in [5, 5.41) is 24.5. The first-order valence-electron chi connectivity index (χ1n) is 8.98. The van der Waals surface area contributed by atoms with Gasteiger partial charge in [0.25, 0.3) is 5.69 Å². The summed E-state index contributed by atoms with van der Waals surface area (Å²) in [4.78, 5) is 26.8. The van der Waals surface area contributed by atoms with Gasteiger partial charge < -0.3 is 4.74 Å². The van der Waals surface area contributed by atoms with E-state index in [1.54, 1.807) is 49.4 Å². The Labute approximate surface area is 186 Å². The number of carbonyl (C=O) groups is 1. The van der Waals surface area contributed by atoms with Gasteiger partial charge in [0.05, 0.1) is 17.1 Å². The van der Waals surface area contributed by atoms with E-state index in [1.807, 2.05) is 0 Å². The van der Waals surface area contributed by atoms with Gasteiger partial charge in [-0.2, -0.15) is 5.26 Å². The van der Waals surface area contributed by atoms with Crippen molar-refractivity contribution >= 4 is 51.4 Å². The first-order valence-corrected chi connectivity index (χ1v) is 10.2. The van der Waals surface area contributed by atoms with Crippen LogP contribution in [0.15, 0.2) is 48.5 Å². The summed E-state index contributed by atoms with van der Waals surface area (Å²) in [6, 6.07) is 14.8. The summed E-state index contributed by atoms with van der Waals surface area (Å²) in [6.45, 7) is 1.90. The van der Waals surface area contributed by atoms with Crippen molar-refractivity contribution in [2.24, 2.45) is 0 Å². The van der Waals surface area contributed by atoms with Gasteiger partial charge in [0.15, 0.2) is 0 Å². The number of nitrogens with one attached hydrogen (secondary N) is 1. The van der Waals surface area contributed by atoms with Crippen molar-refractivity contribution < 1.29 is 14.5 Å². The van der Waals surface area contributed by atoms with Crippen molar-refractivity contribution in [2.75, 3.05) is 11.9 Å². The fourth-order valence-corrected chi connectivity index (χ4v) is 3.65. The Morgan fingerprint density at radius 1 is 1.29 bits per heavy atom. The molecule has 8 nitrogen and oxygen atoms in total. The van der Waals surface area contributed by atoms with E-state index >= 15 is 0 Å². The van der Waals surface area contributed by atoms with Crippen LogP contribution in [-0.4, -0.2) is 22.6 Å². The third kappa shape index (κ3) is 5.45. The molecular weight excluding hydrogens is 440 g/mol. The van der Waals surface area contributed by atoms with Gasteiger partial charge in [-0.15, -0.1) is 0 Å². The molecule has 156 valence electrons. The minimum atomic E-state index is -0.634. The van der Waals surface area contributed by atoms with Crippen LogP contribution < -0.4 is 5.32 Å². The van der Waals surface area contributed by atoms with Gasteiger partial charge in [-0.1, -0.05) is 35.1 Å². The number of hydrogen-bond donors (Lipinski definition) is 1. The topological polar surface area (TPSA) is 118 Å². The first kappa shape index (κ1) is 22.0. The quantitative estimate of drug-likeness (QED) is 0.277. The normalized spacial score (nSPS) is 10.9. The van der Waals surface area contributed by atoms with Gasteiger partial charge in [-0.05, 0) is 42.8 Å². The summed E-state index contributed by atoms with van der Waals surface area (Å²) in [5.41, 5.74) is 1.97. The molecule has 0 aliphatic carbocycles. The van der Waals surface area contributed by atoms with Gasteiger partial charge in [0, 0.05) is 22.7 Å². The fourth-order valence-electron chi connectivity index (χ4n) is 2.58. The smallest absolute Gasteiger partial charge is 0.412 e. The molecule has 0 aliphatic heterocycles. The van der Waals surface area contributed by atoms with Crippen LogP contribution in [0.5, 0.6) is 0 Å². The maximum absolute atomic E-state index is 12.0. The molecule has 3 aromatic rings. The number of rotatable bonds is 6. The zero-order chi connectivity index (χ0) is 22.4. The van der Waals surface area contributed by atoms with Gasteiger partial charge in [0.1, 0.15) is 21.8 Å². The number of ether oxygens (including phenoxy) is 1. The Morgan fingerprint density at radius 2 is 1.97 bits per heavy atom. The standard InChI is InChI=1S/C21H15ClN4O4S/c1-2-30-21(27)25-20-18(14-5-7-16(22)8-6-14)24-19(31-20)15(12-23)11-13-3-9-17(10-4-13)26(28)29/h3-11H,2H2,1H3,(H,25,27). The largest absolute Gasteiger partial charge is 0.450 e. The van der Waals surface area contributed by atoms with E-state index in [2.05, 4.69) is 16.4 Å². The summed E-state index contributed by atoms with van der Waals surface area (Å²) in [6.07, 6.45) is 0.938. The van der Waals surface area contributed by atoms with E-state index < -0.39 is 11.0 Å². The van der Waals surface area contributed by atoms with Crippen LogP contribution >= 0.6 is 22.9 Å². The zero-order valence-electron chi connectivity index (χ0n) is 16.2. The molecule has 3 rings (SSSR count). The predicted octanol–water partition coefficient (Wildman–Crippen LogP) is 6.00. The van der Waals surface area contributed by atoms with Crippen molar-refractivity contribution in [1.82, 2.24) is 4.98 Å². The number of allylic oxidation sites excluding steroid dienone is 1. The van der Waals surface area contributed by atoms with E-state index in [1.165, 1.54) is 12.1 Å². The molecule has 0 bridgehead atoms. The van der Waals surface area contributed by atoms with Crippen molar-refractivity contribution in [3.8, 4) is 17.3 Å². The minimum Gasteiger partial charge on any atom is -0.450 e. The molecule has 0 saturated carbocycles. The average Bonchev–Trinajstić information content (AvgIpc) is 3.16. The lowest BCUT2D eigenvalue weighted by molar-refractivity contribution is -0.384. The van der Waals surface area contributed by atoms with E-state index in [0.29, 0.717) is 31.9 Å². The number of nitro groups is 1. The number of non-ortho nitro benzene ring substituents is 1. The van der Waals surface area contributed by atoms with Gasteiger partial charge in [0.2, 0.25) is 0 Å².